The van der Waals surface area contributed by atoms with E-state index in [1.807, 2.05) is 13.8 Å². The Morgan fingerprint density at radius 2 is 2.31 bits per heavy atom. The first-order valence-corrected chi connectivity index (χ1v) is 4.82. The first-order chi connectivity index (χ1) is 6.09. The second kappa shape index (κ2) is 4.56. The highest BCUT2D eigenvalue weighted by molar-refractivity contribution is 9.10. The van der Waals surface area contributed by atoms with Crippen LogP contribution in [0.1, 0.15) is 13.8 Å². The van der Waals surface area contributed by atoms with Gasteiger partial charge in [-0.05, 0) is 21.8 Å². The van der Waals surface area contributed by atoms with E-state index in [0.717, 1.165) is 6.20 Å². The monoisotopic (exact) mass is 247 g/mol. The first-order valence-electron chi connectivity index (χ1n) is 4.03. The van der Waals surface area contributed by atoms with Crippen LogP contribution in [0.3, 0.4) is 0 Å². The van der Waals surface area contributed by atoms with Crippen molar-refractivity contribution in [3.05, 3.63) is 22.6 Å². The van der Waals surface area contributed by atoms with Crippen molar-refractivity contribution in [2.75, 3.05) is 6.61 Å². The number of rotatable bonds is 3. The van der Waals surface area contributed by atoms with Gasteiger partial charge in [0.05, 0.1) is 17.3 Å². The molecular formula is C9H11BrFNO. The Labute approximate surface area is 85.3 Å². The average Bonchev–Trinajstić information content (AvgIpc) is 2.07. The summed E-state index contributed by atoms with van der Waals surface area (Å²) < 4.78 is 18.4. The van der Waals surface area contributed by atoms with Gasteiger partial charge in [0.2, 0.25) is 5.88 Å². The third-order valence-corrected chi connectivity index (χ3v) is 1.96. The summed E-state index contributed by atoms with van der Waals surface area (Å²) in [6.45, 7) is 4.67. The van der Waals surface area contributed by atoms with Crippen molar-refractivity contribution in [3.63, 3.8) is 0 Å². The molecule has 0 aliphatic carbocycles. The fourth-order valence-electron chi connectivity index (χ4n) is 0.728. The van der Waals surface area contributed by atoms with E-state index in [9.17, 15) is 4.39 Å². The highest BCUT2D eigenvalue weighted by Gasteiger charge is 2.03. The Morgan fingerprint density at radius 3 is 2.85 bits per heavy atom. The molecule has 1 rings (SSSR count). The Morgan fingerprint density at radius 1 is 1.62 bits per heavy atom. The number of ether oxygens (including phenoxy) is 1. The summed E-state index contributed by atoms with van der Waals surface area (Å²) in [4.78, 5) is 3.78. The predicted molar refractivity (Wildman–Crippen MR) is 52.2 cm³/mol. The normalized spacial score (nSPS) is 10.5. The average molecular weight is 248 g/mol. The van der Waals surface area contributed by atoms with Gasteiger partial charge in [-0.2, -0.15) is 0 Å². The predicted octanol–water partition coefficient (Wildman–Crippen LogP) is 3.02. The van der Waals surface area contributed by atoms with Gasteiger partial charge >= 0.3 is 0 Å². The van der Waals surface area contributed by atoms with E-state index in [0.29, 0.717) is 22.9 Å². The van der Waals surface area contributed by atoms with E-state index >= 15 is 0 Å². The molecule has 0 aromatic carbocycles. The second-order valence-electron chi connectivity index (χ2n) is 3.14. The lowest BCUT2D eigenvalue weighted by atomic mass is 10.2. The molecule has 0 bridgehead atoms. The number of nitrogens with zero attached hydrogens (tertiary/aromatic N) is 1. The van der Waals surface area contributed by atoms with Crippen molar-refractivity contribution < 1.29 is 9.13 Å². The SMILES string of the molecule is CC(C)COc1cc(Br)c(F)cn1. The van der Waals surface area contributed by atoms with Crippen LogP contribution in [0, 0.1) is 11.7 Å². The molecule has 0 aliphatic rings. The largest absolute Gasteiger partial charge is 0.477 e. The molecule has 0 unspecified atom stereocenters. The van der Waals surface area contributed by atoms with E-state index in [4.69, 9.17) is 4.74 Å². The van der Waals surface area contributed by atoms with E-state index in [1.165, 1.54) is 6.07 Å². The van der Waals surface area contributed by atoms with Gasteiger partial charge in [0.15, 0.2) is 5.82 Å². The van der Waals surface area contributed by atoms with Crippen LogP contribution in [-0.2, 0) is 0 Å². The van der Waals surface area contributed by atoms with Crippen molar-refractivity contribution in [1.82, 2.24) is 4.98 Å². The summed E-state index contributed by atoms with van der Waals surface area (Å²) in [5.41, 5.74) is 0. The molecule has 0 N–H and O–H groups in total. The summed E-state index contributed by atoms with van der Waals surface area (Å²) in [7, 11) is 0. The molecule has 1 heterocycles. The Kier molecular flexibility index (Phi) is 3.66. The van der Waals surface area contributed by atoms with Crippen molar-refractivity contribution in [1.29, 1.82) is 0 Å². The molecule has 2 nitrogen and oxygen atoms in total. The van der Waals surface area contributed by atoms with E-state index in [1.54, 1.807) is 0 Å². The summed E-state index contributed by atoms with van der Waals surface area (Å²) in [5, 5.41) is 0. The van der Waals surface area contributed by atoms with Crippen LogP contribution in [-0.4, -0.2) is 11.6 Å². The first kappa shape index (κ1) is 10.4. The molecule has 0 amide bonds. The minimum Gasteiger partial charge on any atom is -0.477 e. The standard InChI is InChI=1S/C9H11BrFNO/c1-6(2)5-13-9-3-7(10)8(11)4-12-9/h3-4,6H,5H2,1-2H3. The zero-order valence-corrected chi connectivity index (χ0v) is 9.14. The lowest BCUT2D eigenvalue weighted by Crippen LogP contribution is -2.05. The van der Waals surface area contributed by atoms with Crippen LogP contribution in [0.2, 0.25) is 0 Å². The van der Waals surface area contributed by atoms with Crippen molar-refractivity contribution >= 4 is 15.9 Å². The van der Waals surface area contributed by atoms with Crippen LogP contribution in [0.4, 0.5) is 4.39 Å². The fourth-order valence-corrected chi connectivity index (χ4v) is 1.03. The third kappa shape index (κ3) is 3.30. The van der Waals surface area contributed by atoms with Crippen LogP contribution in [0.5, 0.6) is 5.88 Å². The van der Waals surface area contributed by atoms with Gasteiger partial charge in [0, 0.05) is 6.07 Å². The Balaban J connectivity index is 2.63. The van der Waals surface area contributed by atoms with Crippen molar-refractivity contribution in [2.45, 2.75) is 13.8 Å². The molecular weight excluding hydrogens is 237 g/mol. The number of pyridine rings is 1. The molecule has 72 valence electrons. The summed E-state index contributed by atoms with van der Waals surface area (Å²) >= 11 is 3.06. The Bertz CT molecular complexity index is 291. The maximum absolute atomic E-state index is 12.7. The van der Waals surface area contributed by atoms with Crippen LogP contribution >= 0.6 is 15.9 Å². The van der Waals surface area contributed by atoms with Gasteiger partial charge in [0.1, 0.15) is 0 Å². The van der Waals surface area contributed by atoms with Crippen LogP contribution in [0.25, 0.3) is 0 Å². The van der Waals surface area contributed by atoms with Crippen molar-refractivity contribution in [2.24, 2.45) is 5.92 Å². The van der Waals surface area contributed by atoms with Crippen LogP contribution < -0.4 is 4.74 Å². The number of aromatic nitrogens is 1. The van der Waals surface area contributed by atoms with Gasteiger partial charge < -0.3 is 4.74 Å². The highest BCUT2D eigenvalue weighted by atomic mass is 79.9. The third-order valence-electron chi connectivity index (χ3n) is 1.35. The minimum atomic E-state index is -0.378. The minimum absolute atomic E-state index is 0.376. The maximum atomic E-state index is 12.7. The zero-order chi connectivity index (χ0) is 9.84. The zero-order valence-electron chi connectivity index (χ0n) is 7.55. The van der Waals surface area contributed by atoms with Gasteiger partial charge in [-0.1, -0.05) is 13.8 Å². The molecule has 0 radical (unpaired) electrons. The number of hydrogen-bond donors (Lipinski definition) is 0. The molecule has 0 atom stereocenters. The molecule has 1 aromatic heterocycles. The summed E-state index contributed by atoms with van der Waals surface area (Å²) in [6.07, 6.45) is 1.14. The molecule has 0 aliphatic heterocycles. The van der Waals surface area contributed by atoms with E-state index in [2.05, 4.69) is 20.9 Å². The molecule has 4 heteroatoms. The lowest BCUT2D eigenvalue weighted by molar-refractivity contribution is 0.260. The molecule has 13 heavy (non-hydrogen) atoms. The topological polar surface area (TPSA) is 22.1 Å². The molecule has 0 fully saturated rings. The maximum Gasteiger partial charge on any atom is 0.214 e. The second-order valence-corrected chi connectivity index (χ2v) is 4.00. The van der Waals surface area contributed by atoms with E-state index < -0.39 is 0 Å². The lowest BCUT2D eigenvalue weighted by Gasteiger charge is -2.07. The Hall–Kier alpha value is -0.640. The molecule has 0 saturated heterocycles. The number of hydrogen-bond acceptors (Lipinski definition) is 2. The fraction of sp³-hybridized carbons (Fsp3) is 0.444. The summed E-state index contributed by atoms with van der Waals surface area (Å²) in [5.74, 6) is 0.504. The van der Waals surface area contributed by atoms with Crippen molar-refractivity contribution in [3.8, 4) is 5.88 Å². The van der Waals surface area contributed by atoms with Crippen LogP contribution in [0.15, 0.2) is 16.7 Å². The quantitative estimate of drug-likeness (QED) is 0.820. The van der Waals surface area contributed by atoms with Gasteiger partial charge in [-0.3, -0.25) is 0 Å². The smallest absolute Gasteiger partial charge is 0.214 e. The van der Waals surface area contributed by atoms with Gasteiger partial charge in [0.25, 0.3) is 0 Å². The van der Waals surface area contributed by atoms with Gasteiger partial charge in [-0.15, -0.1) is 0 Å². The van der Waals surface area contributed by atoms with Gasteiger partial charge in [-0.25, -0.2) is 9.37 Å². The number of halogens is 2. The highest BCUT2D eigenvalue weighted by Crippen LogP contribution is 2.19. The molecule has 1 aromatic rings. The van der Waals surface area contributed by atoms with E-state index in [-0.39, 0.29) is 5.82 Å². The summed E-state index contributed by atoms with van der Waals surface area (Å²) in [6, 6.07) is 1.53. The molecule has 0 spiro atoms. The molecule has 0 saturated carbocycles.